The van der Waals surface area contributed by atoms with Crippen LogP contribution in [-0.2, 0) is 6.54 Å². The summed E-state index contributed by atoms with van der Waals surface area (Å²) in [6, 6.07) is 10.3. The number of non-ortho nitro benzene ring substituents is 1. The van der Waals surface area contributed by atoms with Crippen LogP contribution in [-0.4, -0.2) is 31.7 Å². The van der Waals surface area contributed by atoms with Gasteiger partial charge >= 0.3 is 0 Å². The molecule has 0 saturated heterocycles. The molecule has 1 amide bonds. The molecule has 0 aliphatic heterocycles. The predicted molar refractivity (Wildman–Crippen MR) is 105 cm³/mol. The Bertz CT molecular complexity index is 1130. The maximum atomic E-state index is 13.0. The van der Waals surface area contributed by atoms with Crippen LogP contribution in [0.1, 0.15) is 30.0 Å². The number of fused-ring (bicyclic) bond motifs is 1. The lowest BCUT2D eigenvalue weighted by molar-refractivity contribution is -0.384. The van der Waals surface area contributed by atoms with Crippen LogP contribution in [0.2, 0.25) is 5.02 Å². The topological polar surface area (TPSA) is 109 Å². The van der Waals surface area contributed by atoms with E-state index in [1.54, 1.807) is 38.1 Å². The number of nitrogens with one attached hydrogen (secondary N) is 1. The molecule has 0 aliphatic rings. The Hall–Kier alpha value is -3.26. The molecule has 1 N–H and O–H groups in total. The highest BCUT2D eigenvalue weighted by molar-refractivity contribution is 6.33. The molecule has 0 fully saturated rings. The van der Waals surface area contributed by atoms with E-state index in [2.05, 4.69) is 9.97 Å². The fraction of sp³-hybridized carbons (Fsp3) is 0.211. The van der Waals surface area contributed by atoms with Crippen molar-refractivity contribution in [2.45, 2.75) is 26.4 Å². The van der Waals surface area contributed by atoms with Gasteiger partial charge in [-0.3, -0.25) is 19.7 Å². The van der Waals surface area contributed by atoms with E-state index in [-0.39, 0.29) is 34.4 Å². The molecule has 0 bridgehead atoms. The van der Waals surface area contributed by atoms with E-state index in [1.165, 1.54) is 17.0 Å². The maximum absolute atomic E-state index is 13.0. The van der Waals surface area contributed by atoms with Crippen LogP contribution in [0.15, 0.2) is 47.3 Å². The number of nitro groups is 1. The quantitative estimate of drug-likeness (QED) is 0.520. The van der Waals surface area contributed by atoms with Crippen molar-refractivity contribution in [2.75, 3.05) is 0 Å². The molecule has 0 atom stereocenters. The highest BCUT2D eigenvalue weighted by Crippen LogP contribution is 2.24. The Morgan fingerprint density at radius 3 is 2.68 bits per heavy atom. The summed E-state index contributed by atoms with van der Waals surface area (Å²) < 4.78 is 0. The van der Waals surface area contributed by atoms with E-state index < -0.39 is 10.8 Å². The number of aromatic amines is 1. The number of halogens is 1. The van der Waals surface area contributed by atoms with E-state index in [0.29, 0.717) is 16.7 Å². The normalized spacial score (nSPS) is 11.0. The van der Waals surface area contributed by atoms with E-state index in [4.69, 9.17) is 11.6 Å². The van der Waals surface area contributed by atoms with Crippen LogP contribution >= 0.6 is 11.6 Å². The van der Waals surface area contributed by atoms with E-state index in [1.807, 2.05) is 0 Å². The van der Waals surface area contributed by atoms with Crippen LogP contribution in [0, 0.1) is 10.1 Å². The predicted octanol–water partition coefficient (Wildman–Crippen LogP) is 3.54. The van der Waals surface area contributed by atoms with Crippen molar-refractivity contribution in [3.05, 3.63) is 79.3 Å². The first kappa shape index (κ1) is 19.5. The van der Waals surface area contributed by atoms with Gasteiger partial charge in [-0.15, -0.1) is 0 Å². The number of nitro benzene ring substituents is 1. The summed E-state index contributed by atoms with van der Waals surface area (Å²) in [4.78, 5) is 44.3. The van der Waals surface area contributed by atoms with Gasteiger partial charge in [0, 0.05) is 18.2 Å². The Balaban J connectivity index is 1.99. The smallest absolute Gasteiger partial charge is 0.270 e. The van der Waals surface area contributed by atoms with Crippen molar-refractivity contribution < 1.29 is 9.72 Å². The Morgan fingerprint density at radius 1 is 1.29 bits per heavy atom. The number of carbonyl (C=O) groups is 1. The van der Waals surface area contributed by atoms with Gasteiger partial charge in [-0.05, 0) is 32.0 Å². The Morgan fingerprint density at radius 2 is 2.00 bits per heavy atom. The van der Waals surface area contributed by atoms with Crippen molar-refractivity contribution in [1.82, 2.24) is 14.9 Å². The van der Waals surface area contributed by atoms with Gasteiger partial charge in [-0.25, -0.2) is 4.98 Å². The van der Waals surface area contributed by atoms with Gasteiger partial charge in [-0.2, -0.15) is 0 Å². The summed E-state index contributed by atoms with van der Waals surface area (Å²) >= 11 is 6.11. The minimum absolute atomic E-state index is 0.0210. The molecular formula is C19H17ClN4O4. The molecule has 0 unspecified atom stereocenters. The van der Waals surface area contributed by atoms with Gasteiger partial charge in [0.1, 0.15) is 5.82 Å². The summed E-state index contributed by atoms with van der Waals surface area (Å²) in [6.07, 6.45) is 0. The molecule has 0 radical (unpaired) electrons. The molecule has 9 heteroatoms. The molecular weight excluding hydrogens is 384 g/mol. The average molecular weight is 401 g/mol. The molecule has 8 nitrogen and oxygen atoms in total. The van der Waals surface area contributed by atoms with E-state index in [9.17, 15) is 19.7 Å². The second-order valence-corrected chi connectivity index (χ2v) is 6.89. The number of rotatable bonds is 5. The molecule has 144 valence electrons. The largest absolute Gasteiger partial charge is 0.329 e. The fourth-order valence-electron chi connectivity index (χ4n) is 2.81. The van der Waals surface area contributed by atoms with Crippen LogP contribution in [0.4, 0.5) is 5.69 Å². The van der Waals surface area contributed by atoms with Gasteiger partial charge in [0.2, 0.25) is 0 Å². The molecule has 2 aromatic carbocycles. The lowest BCUT2D eigenvalue weighted by atomic mass is 10.1. The zero-order valence-electron chi connectivity index (χ0n) is 15.2. The Kier molecular flexibility index (Phi) is 5.41. The fourth-order valence-corrected chi connectivity index (χ4v) is 3.00. The SMILES string of the molecule is CC(C)N(Cc1nc2ccccc2c(=O)[nH]1)C(=O)c1cc([N+](=O)[O-])ccc1Cl. The van der Waals surface area contributed by atoms with Crippen molar-refractivity contribution in [3.8, 4) is 0 Å². The van der Waals surface area contributed by atoms with Gasteiger partial charge in [0.05, 0.1) is 33.0 Å². The average Bonchev–Trinajstić information content (AvgIpc) is 2.65. The van der Waals surface area contributed by atoms with Gasteiger partial charge in [0.15, 0.2) is 0 Å². The summed E-state index contributed by atoms with van der Waals surface area (Å²) in [7, 11) is 0. The molecule has 0 saturated carbocycles. The molecule has 3 rings (SSSR count). The zero-order chi connectivity index (χ0) is 20.4. The number of nitrogens with zero attached hydrogens (tertiary/aromatic N) is 3. The molecule has 0 aliphatic carbocycles. The van der Waals surface area contributed by atoms with Crippen LogP contribution in [0.25, 0.3) is 10.9 Å². The second kappa shape index (κ2) is 7.77. The van der Waals surface area contributed by atoms with Crippen molar-refractivity contribution in [3.63, 3.8) is 0 Å². The van der Waals surface area contributed by atoms with Crippen LogP contribution in [0.5, 0.6) is 0 Å². The maximum Gasteiger partial charge on any atom is 0.270 e. The van der Waals surface area contributed by atoms with Crippen LogP contribution < -0.4 is 5.56 Å². The lowest BCUT2D eigenvalue weighted by Gasteiger charge is -2.26. The summed E-state index contributed by atoms with van der Waals surface area (Å²) in [5, 5.41) is 11.6. The third-order valence-corrected chi connectivity index (χ3v) is 4.59. The highest BCUT2D eigenvalue weighted by atomic mass is 35.5. The first-order valence-corrected chi connectivity index (χ1v) is 8.88. The van der Waals surface area contributed by atoms with Crippen molar-refractivity contribution in [1.29, 1.82) is 0 Å². The van der Waals surface area contributed by atoms with Crippen molar-refractivity contribution >= 4 is 34.1 Å². The number of aromatic nitrogens is 2. The summed E-state index contributed by atoms with van der Waals surface area (Å²) in [6.45, 7) is 3.61. The van der Waals surface area contributed by atoms with Gasteiger partial charge < -0.3 is 9.88 Å². The molecule has 1 aromatic heterocycles. The number of para-hydroxylation sites is 1. The third-order valence-electron chi connectivity index (χ3n) is 4.26. The lowest BCUT2D eigenvalue weighted by Crippen LogP contribution is -2.37. The minimum atomic E-state index is -0.588. The summed E-state index contributed by atoms with van der Waals surface area (Å²) in [5.74, 6) is -0.174. The third kappa shape index (κ3) is 3.86. The minimum Gasteiger partial charge on any atom is -0.329 e. The number of carbonyl (C=O) groups excluding carboxylic acids is 1. The molecule has 0 spiro atoms. The van der Waals surface area contributed by atoms with Gasteiger partial charge in [-0.1, -0.05) is 23.7 Å². The molecule has 28 heavy (non-hydrogen) atoms. The number of hydrogen-bond acceptors (Lipinski definition) is 5. The van der Waals surface area contributed by atoms with E-state index >= 15 is 0 Å². The monoisotopic (exact) mass is 400 g/mol. The molecule has 1 heterocycles. The van der Waals surface area contributed by atoms with Crippen molar-refractivity contribution in [2.24, 2.45) is 0 Å². The first-order valence-electron chi connectivity index (χ1n) is 8.50. The number of amides is 1. The van der Waals surface area contributed by atoms with Crippen LogP contribution in [0.3, 0.4) is 0 Å². The van der Waals surface area contributed by atoms with Gasteiger partial charge in [0.25, 0.3) is 17.2 Å². The second-order valence-electron chi connectivity index (χ2n) is 6.48. The zero-order valence-corrected chi connectivity index (χ0v) is 15.9. The molecule has 3 aromatic rings. The Labute approximate surface area is 164 Å². The number of H-pyrrole nitrogens is 1. The highest BCUT2D eigenvalue weighted by Gasteiger charge is 2.24. The number of hydrogen-bond donors (Lipinski definition) is 1. The summed E-state index contributed by atoms with van der Waals surface area (Å²) in [5.41, 5.74) is 0.0114. The standard InChI is InChI=1S/C19H17ClN4O4/c1-11(2)23(19(26)14-9-12(24(27)28)7-8-15(14)20)10-17-21-16-6-4-3-5-13(16)18(25)22-17/h3-9,11H,10H2,1-2H3,(H,21,22,25). The number of benzene rings is 2. The van der Waals surface area contributed by atoms with E-state index in [0.717, 1.165) is 6.07 Å². The first-order chi connectivity index (χ1) is 13.3.